The van der Waals surface area contributed by atoms with Crippen LogP contribution in [0.15, 0.2) is 0 Å². The number of nitrogens with one attached hydrogen (secondary N) is 1. The molecular formula is C13H29NO. The molecular weight excluding hydrogens is 186 g/mol. The van der Waals surface area contributed by atoms with E-state index in [2.05, 4.69) is 46.9 Å². The van der Waals surface area contributed by atoms with Crippen LogP contribution in [-0.4, -0.2) is 25.3 Å². The average Bonchev–Trinajstić information content (AvgIpc) is 2.10. The third kappa shape index (κ3) is 7.80. The molecule has 0 aromatic carbocycles. The van der Waals surface area contributed by atoms with Gasteiger partial charge in [0.1, 0.15) is 0 Å². The van der Waals surface area contributed by atoms with Crippen molar-refractivity contribution < 1.29 is 4.74 Å². The molecule has 92 valence electrons. The zero-order chi connectivity index (χ0) is 11.8. The maximum absolute atomic E-state index is 5.50. The maximum atomic E-state index is 5.50. The van der Waals surface area contributed by atoms with E-state index < -0.39 is 0 Å². The van der Waals surface area contributed by atoms with E-state index in [0.717, 1.165) is 19.1 Å². The highest BCUT2D eigenvalue weighted by Crippen LogP contribution is 2.08. The van der Waals surface area contributed by atoms with Gasteiger partial charge in [-0.3, -0.25) is 0 Å². The molecule has 0 amide bonds. The molecule has 0 saturated heterocycles. The molecule has 2 nitrogen and oxygen atoms in total. The van der Waals surface area contributed by atoms with Gasteiger partial charge in [-0.15, -0.1) is 0 Å². The highest BCUT2D eigenvalue weighted by Gasteiger charge is 2.16. The normalized spacial score (nSPS) is 16.0. The third-order valence-corrected chi connectivity index (χ3v) is 2.63. The molecule has 2 unspecified atom stereocenters. The average molecular weight is 215 g/mol. The van der Waals surface area contributed by atoms with E-state index in [9.17, 15) is 0 Å². The molecule has 0 aliphatic heterocycles. The van der Waals surface area contributed by atoms with Crippen LogP contribution in [-0.2, 0) is 4.74 Å². The topological polar surface area (TPSA) is 21.3 Å². The molecule has 0 fully saturated rings. The Morgan fingerprint density at radius 1 is 1.07 bits per heavy atom. The predicted octanol–water partition coefficient (Wildman–Crippen LogP) is 3.07. The van der Waals surface area contributed by atoms with Gasteiger partial charge in [-0.05, 0) is 32.1 Å². The SMILES string of the molecule is CCOCC(NC(C)CC(C)C)C(C)C. The monoisotopic (exact) mass is 215 g/mol. The van der Waals surface area contributed by atoms with E-state index in [1.807, 2.05) is 0 Å². The molecule has 0 bridgehead atoms. The molecule has 2 atom stereocenters. The van der Waals surface area contributed by atoms with Crippen molar-refractivity contribution in [3.8, 4) is 0 Å². The second-order valence-corrected chi connectivity index (χ2v) is 5.21. The summed E-state index contributed by atoms with van der Waals surface area (Å²) in [6, 6.07) is 1.07. The molecule has 0 radical (unpaired) electrons. The van der Waals surface area contributed by atoms with E-state index in [4.69, 9.17) is 4.74 Å². The fraction of sp³-hybridized carbons (Fsp3) is 1.00. The van der Waals surface area contributed by atoms with Crippen LogP contribution in [0.2, 0.25) is 0 Å². The minimum absolute atomic E-state index is 0.485. The highest BCUT2D eigenvalue weighted by atomic mass is 16.5. The van der Waals surface area contributed by atoms with Crippen molar-refractivity contribution in [3.63, 3.8) is 0 Å². The van der Waals surface area contributed by atoms with Crippen molar-refractivity contribution >= 4 is 0 Å². The largest absolute Gasteiger partial charge is 0.380 e. The molecule has 0 aliphatic carbocycles. The summed E-state index contributed by atoms with van der Waals surface area (Å²) in [5, 5.41) is 3.66. The van der Waals surface area contributed by atoms with Crippen LogP contribution in [0.25, 0.3) is 0 Å². The first-order valence-corrected chi connectivity index (χ1v) is 6.31. The van der Waals surface area contributed by atoms with Crippen molar-refractivity contribution in [2.24, 2.45) is 11.8 Å². The lowest BCUT2D eigenvalue weighted by molar-refractivity contribution is 0.103. The Morgan fingerprint density at radius 2 is 1.67 bits per heavy atom. The number of rotatable bonds is 8. The fourth-order valence-corrected chi connectivity index (χ4v) is 1.82. The second-order valence-electron chi connectivity index (χ2n) is 5.21. The van der Waals surface area contributed by atoms with Crippen LogP contribution in [0, 0.1) is 11.8 Å². The lowest BCUT2D eigenvalue weighted by atomic mass is 10.0. The van der Waals surface area contributed by atoms with Crippen LogP contribution in [0.3, 0.4) is 0 Å². The summed E-state index contributed by atoms with van der Waals surface area (Å²) in [7, 11) is 0. The summed E-state index contributed by atoms with van der Waals surface area (Å²) >= 11 is 0. The molecule has 0 aliphatic rings. The van der Waals surface area contributed by atoms with Gasteiger partial charge in [-0.1, -0.05) is 27.7 Å². The van der Waals surface area contributed by atoms with Gasteiger partial charge < -0.3 is 10.1 Å². The number of hydrogen-bond donors (Lipinski definition) is 1. The lowest BCUT2D eigenvalue weighted by Gasteiger charge is -2.27. The van der Waals surface area contributed by atoms with Gasteiger partial charge in [-0.2, -0.15) is 0 Å². The Balaban J connectivity index is 3.92. The highest BCUT2D eigenvalue weighted by molar-refractivity contribution is 4.74. The van der Waals surface area contributed by atoms with Crippen molar-refractivity contribution in [2.75, 3.05) is 13.2 Å². The van der Waals surface area contributed by atoms with Gasteiger partial charge in [0.25, 0.3) is 0 Å². The third-order valence-electron chi connectivity index (χ3n) is 2.63. The number of hydrogen-bond acceptors (Lipinski definition) is 2. The van der Waals surface area contributed by atoms with Gasteiger partial charge in [0.05, 0.1) is 6.61 Å². The van der Waals surface area contributed by atoms with Crippen LogP contribution >= 0.6 is 0 Å². The van der Waals surface area contributed by atoms with E-state index >= 15 is 0 Å². The molecule has 0 aromatic rings. The summed E-state index contributed by atoms with van der Waals surface area (Å²) in [4.78, 5) is 0. The Morgan fingerprint density at radius 3 is 2.07 bits per heavy atom. The van der Waals surface area contributed by atoms with Crippen LogP contribution < -0.4 is 5.32 Å². The zero-order valence-corrected chi connectivity index (χ0v) is 11.3. The van der Waals surface area contributed by atoms with Gasteiger partial charge in [0.15, 0.2) is 0 Å². The van der Waals surface area contributed by atoms with E-state index in [1.165, 1.54) is 6.42 Å². The Hall–Kier alpha value is -0.0800. The minimum Gasteiger partial charge on any atom is -0.380 e. The van der Waals surface area contributed by atoms with Gasteiger partial charge in [0.2, 0.25) is 0 Å². The van der Waals surface area contributed by atoms with Crippen LogP contribution in [0.5, 0.6) is 0 Å². The summed E-state index contributed by atoms with van der Waals surface area (Å²) < 4.78 is 5.50. The Labute approximate surface area is 95.8 Å². The van der Waals surface area contributed by atoms with Gasteiger partial charge in [-0.25, -0.2) is 0 Å². The fourth-order valence-electron chi connectivity index (χ4n) is 1.82. The zero-order valence-electron chi connectivity index (χ0n) is 11.3. The Bertz CT molecular complexity index is 145. The maximum Gasteiger partial charge on any atom is 0.0622 e. The molecule has 0 aromatic heterocycles. The van der Waals surface area contributed by atoms with Crippen LogP contribution in [0.1, 0.15) is 48.0 Å². The quantitative estimate of drug-likeness (QED) is 0.672. The summed E-state index contributed by atoms with van der Waals surface area (Å²) in [5.41, 5.74) is 0. The molecule has 0 spiro atoms. The summed E-state index contributed by atoms with van der Waals surface area (Å²) in [6.07, 6.45) is 1.23. The first-order chi connectivity index (χ1) is 6.97. The standard InChI is InChI=1S/C13H29NO/c1-7-15-9-13(11(4)5)14-12(6)8-10(2)3/h10-14H,7-9H2,1-6H3. The lowest BCUT2D eigenvalue weighted by Crippen LogP contribution is -2.43. The Kier molecular flexibility index (Phi) is 8.07. The molecule has 1 N–H and O–H groups in total. The van der Waals surface area contributed by atoms with Crippen molar-refractivity contribution in [2.45, 2.75) is 60.0 Å². The molecule has 0 saturated carbocycles. The first-order valence-electron chi connectivity index (χ1n) is 6.31. The molecule has 15 heavy (non-hydrogen) atoms. The van der Waals surface area contributed by atoms with Gasteiger partial charge in [0, 0.05) is 18.7 Å². The van der Waals surface area contributed by atoms with E-state index in [1.54, 1.807) is 0 Å². The van der Waals surface area contributed by atoms with Crippen molar-refractivity contribution in [1.29, 1.82) is 0 Å². The summed E-state index contributed by atoms with van der Waals surface area (Å²) in [6.45, 7) is 15.0. The minimum atomic E-state index is 0.485. The molecule has 0 rings (SSSR count). The smallest absolute Gasteiger partial charge is 0.0622 e. The van der Waals surface area contributed by atoms with E-state index in [0.29, 0.717) is 18.0 Å². The van der Waals surface area contributed by atoms with E-state index in [-0.39, 0.29) is 0 Å². The second kappa shape index (κ2) is 8.12. The first kappa shape index (κ1) is 14.9. The predicted molar refractivity (Wildman–Crippen MR) is 67.2 cm³/mol. The summed E-state index contributed by atoms with van der Waals surface area (Å²) in [5.74, 6) is 1.39. The molecule has 2 heteroatoms. The van der Waals surface area contributed by atoms with Crippen molar-refractivity contribution in [3.05, 3.63) is 0 Å². The van der Waals surface area contributed by atoms with Crippen LogP contribution in [0.4, 0.5) is 0 Å². The number of ether oxygens (including phenoxy) is 1. The van der Waals surface area contributed by atoms with Crippen molar-refractivity contribution in [1.82, 2.24) is 5.32 Å². The molecule has 0 heterocycles. The van der Waals surface area contributed by atoms with Gasteiger partial charge >= 0.3 is 0 Å².